The van der Waals surface area contributed by atoms with E-state index in [0.717, 1.165) is 34.7 Å². The first-order valence-electron chi connectivity index (χ1n) is 11.3. The number of carbonyl (C=O) groups is 2. The smallest absolute Gasteiger partial charge is 0.328 e. The third-order valence-corrected chi connectivity index (χ3v) is 6.45. The Balaban J connectivity index is 1.66. The van der Waals surface area contributed by atoms with Crippen molar-refractivity contribution in [3.8, 4) is 11.1 Å². The summed E-state index contributed by atoms with van der Waals surface area (Å²) in [6, 6.07) is 18.7. The predicted molar refractivity (Wildman–Crippen MR) is 128 cm³/mol. The third-order valence-electron chi connectivity index (χ3n) is 6.45. The summed E-state index contributed by atoms with van der Waals surface area (Å²) in [6.07, 6.45) is 6.38. The molecule has 0 radical (unpaired) electrons. The van der Waals surface area contributed by atoms with Crippen LogP contribution in [0.2, 0.25) is 0 Å². The highest BCUT2D eigenvalue weighted by atomic mass is 16.5. The fraction of sp³-hybridized carbons (Fsp3) is 0.333. The van der Waals surface area contributed by atoms with Crippen LogP contribution in [0.5, 0.6) is 0 Å². The van der Waals surface area contributed by atoms with Crippen LogP contribution < -0.4 is 11.1 Å². The molecule has 1 saturated carbocycles. The zero-order chi connectivity index (χ0) is 22.5. The average molecular weight is 431 g/mol. The number of hydrogen-bond acceptors (Lipinski definition) is 4. The van der Waals surface area contributed by atoms with Gasteiger partial charge in [0.15, 0.2) is 0 Å². The van der Waals surface area contributed by atoms with Crippen molar-refractivity contribution in [3.05, 3.63) is 66.2 Å². The number of ether oxygens (including phenoxy) is 1. The van der Waals surface area contributed by atoms with Crippen molar-refractivity contribution in [3.63, 3.8) is 0 Å². The number of nitrogens with two attached hydrogens (primary N) is 1. The van der Waals surface area contributed by atoms with E-state index in [1.807, 2.05) is 48.5 Å². The molecule has 32 heavy (non-hydrogen) atoms. The highest BCUT2D eigenvalue weighted by Crippen LogP contribution is 2.33. The number of fused-ring (bicyclic) bond motifs is 1. The Morgan fingerprint density at radius 3 is 2.53 bits per heavy atom. The monoisotopic (exact) mass is 430 g/mol. The van der Waals surface area contributed by atoms with Gasteiger partial charge < -0.3 is 15.8 Å². The number of methoxy groups -OCH3 is 1. The molecular weight excluding hydrogens is 400 g/mol. The summed E-state index contributed by atoms with van der Waals surface area (Å²) in [7, 11) is 1.37. The second kappa shape index (κ2) is 9.86. The van der Waals surface area contributed by atoms with Crippen molar-refractivity contribution in [2.75, 3.05) is 12.8 Å². The molecule has 0 bridgehead atoms. The minimum absolute atomic E-state index is 0.292. The zero-order valence-electron chi connectivity index (χ0n) is 18.5. The molecule has 0 heterocycles. The van der Waals surface area contributed by atoms with E-state index in [0.29, 0.717) is 23.6 Å². The summed E-state index contributed by atoms with van der Waals surface area (Å²) in [5, 5.41) is 5.08. The van der Waals surface area contributed by atoms with Crippen LogP contribution in [0.1, 0.15) is 48.9 Å². The Labute approximate surface area is 189 Å². The maximum Gasteiger partial charge on any atom is 0.328 e. The summed E-state index contributed by atoms with van der Waals surface area (Å²) >= 11 is 0. The van der Waals surface area contributed by atoms with E-state index >= 15 is 0 Å². The lowest BCUT2D eigenvalue weighted by Gasteiger charge is -2.26. The molecule has 3 aromatic rings. The number of anilines is 1. The zero-order valence-corrected chi connectivity index (χ0v) is 18.5. The van der Waals surface area contributed by atoms with Gasteiger partial charge in [0.25, 0.3) is 5.91 Å². The van der Waals surface area contributed by atoms with Gasteiger partial charge in [-0.3, -0.25) is 4.79 Å². The van der Waals surface area contributed by atoms with Gasteiger partial charge in [-0.25, -0.2) is 4.79 Å². The summed E-state index contributed by atoms with van der Waals surface area (Å²) in [5.41, 5.74) is 8.85. The molecule has 1 amide bonds. The third kappa shape index (κ3) is 4.77. The van der Waals surface area contributed by atoms with E-state index < -0.39 is 12.0 Å². The molecule has 0 unspecified atom stereocenters. The lowest BCUT2D eigenvalue weighted by Crippen LogP contribution is -2.43. The topological polar surface area (TPSA) is 81.4 Å². The Morgan fingerprint density at radius 1 is 1.00 bits per heavy atom. The number of benzene rings is 3. The second-order valence-corrected chi connectivity index (χ2v) is 8.62. The van der Waals surface area contributed by atoms with Gasteiger partial charge in [0, 0.05) is 11.3 Å². The molecular formula is C27H30N2O3. The van der Waals surface area contributed by atoms with Gasteiger partial charge in [-0.15, -0.1) is 0 Å². The lowest BCUT2D eigenvalue weighted by atomic mass is 9.84. The fourth-order valence-corrected chi connectivity index (χ4v) is 4.79. The molecule has 5 heteroatoms. The number of nitrogen functional groups attached to an aromatic ring is 1. The maximum absolute atomic E-state index is 13.4. The van der Waals surface area contributed by atoms with Crippen LogP contribution in [0.3, 0.4) is 0 Å². The van der Waals surface area contributed by atoms with Crippen molar-refractivity contribution in [1.29, 1.82) is 0 Å². The number of rotatable bonds is 6. The normalized spacial score (nSPS) is 15.3. The number of nitrogens with one attached hydrogen (secondary N) is 1. The van der Waals surface area contributed by atoms with Crippen molar-refractivity contribution in [2.24, 2.45) is 5.92 Å². The number of hydrogen-bond donors (Lipinski definition) is 2. The molecule has 1 fully saturated rings. The predicted octanol–water partition coefficient (Wildman–Crippen LogP) is 5.33. The Hall–Kier alpha value is -3.34. The molecule has 0 saturated heterocycles. The van der Waals surface area contributed by atoms with Crippen LogP contribution in [0, 0.1) is 5.92 Å². The average Bonchev–Trinajstić information content (AvgIpc) is 2.83. The molecule has 1 aliphatic carbocycles. The summed E-state index contributed by atoms with van der Waals surface area (Å²) in [5.74, 6) is -0.262. The SMILES string of the molecule is COC(=O)[C@H](CC1CCCCC1)NC(=O)c1ccc(N)cc1-c1cccc2ccccc12. The minimum atomic E-state index is -0.659. The van der Waals surface area contributed by atoms with Crippen LogP contribution in [0.15, 0.2) is 60.7 Å². The van der Waals surface area contributed by atoms with Crippen molar-refractivity contribution < 1.29 is 14.3 Å². The molecule has 0 aliphatic heterocycles. The quantitative estimate of drug-likeness (QED) is 0.409. The molecule has 3 aromatic carbocycles. The van der Waals surface area contributed by atoms with E-state index in [1.54, 1.807) is 12.1 Å². The van der Waals surface area contributed by atoms with Crippen LogP contribution in [0.25, 0.3) is 21.9 Å². The van der Waals surface area contributed by atoms with Gasteiger partial charge in [-0.05, 0) is 52.4 Å². The molecule has 1 aliphatic rings. The van der Waals surface area contributed by atoms with E-state index in [2.05, 4.69) is 5.32 Å². The Kier molecular flexibility index (Phi) is 6.74. The highest BCUT2D eigenvalue weighted by molar-refractivity contribution is 6.07. The van der Waals surface area contributed by atoms with Crippen LogP contribution >= 0.6 is 0 Å². The van der Waals surface area contributed by atoms with Gasteiger partial charge in [-0.1, -0.05) is 74.6 Å². The molecule has 166 valence electrons. The first kappa shape index (κ1) is 21.9. The van der Waals surface area contributed by atoms with E-state index in [-0.39, 0.29) is 5.91 Å². The van der Waals surface area contributed by atoms with Gasteiger partial charge in [-0.2, -0.15) is 0 Å². The Morgan fingerprint density at radius 2 is 1.75 bits per heavy atom. The van der Waals surface area contributed by atoms with E-state index in [1.165, 1.54) is 26.4 Å². The minimum Gasteiger partial charge on any atom is -0.467 e. The molecule has 5 nitrogen and oxygen atoms in total. The van der Waals surface area contributed by atoms with Crippen LogP contribution in [-0.4, -0.2) is 25.0 Å². The highest BCUT2D eigenvalue weighted by Gasteiger charge is 2.28. The summed E-state index contributed by atoms with van der Waals surface area (Å²) in [6.45, 7) is 0. The maximum atomic E-state index is 13.4. The summed E-state index contributed by atoms with van der Waals surface area (Å²) < 4.78 is 5.01. The van der Waals surface area contributed by atoms with E-state index in [9.17, 15) is 9.59 Å². The molecule has 0 aromatic heterocycles. The number of esters is 1. The van der Waals surface area contributed by atoms with Crippen molar-refractivity contribution >= 4 is 28.3 Å². The largest absolute Gasteiger partial charge is 0.467 e. The van der Waals surface area contributed by atoms with Crippen LogP contribution in [-0.2, 0) is 9.53 Å². The van der Waals surface area contributed by atoms with Gasteiger partial charge in [0.05, 0.1) is 7.11 Å². The first-order valence-corrected chi connectivity index (χ1v) is 11.3. The number of carbonyl (C=O) groups excluding carboxylic acids is 2. The lowest BCUT2D eigenvalue weighted by molar-refractivity contribution is -0.143. The molecule has 0 spiro atoms. The van der Waals surface area contributed by atoms with Gasteiger partial charge in [0.2, 0.25) is 0 Å². The summed E-state index contributed by atoms with van der Waals surface area (Å²) in [4.78, 5) is 25.9. The fourth-order valence-electron chi connectivity index (χ4n) is 4.79. The van der Waals surface area contributed by atoms with Crippen molar-refractivity contribution in [1.82, 2.24) is 5.32 Å². The van der Waals surface area contributed by atoms with Crippen LogP contribution in [0.4, 0.5) is 5.69 Å². The van der Waals surface area contributed by atoms with Gasteiger partial charge >= 0.3 is 5.97 Å². The molecule has 4 rings (SSSR count). The van der Waals surface area contributed by atoms with Gasteiger partial charge in [0.1, 0.15) is 6.04 Å². The van der Waals surface area contributed by atoms with Crippen molar-refractivity contribution in [2.45, 2.75) is 44.6 Å². The molecule has 1 atom stereocenters. The first-order chi connectivity index (χ1) is 15.6. The standard InChI is InChI=1S/C27H30N2O3/c1-32-27(31)25(16-18-8-3-2-4-9-18)29-26(30)23-15-14-20(28)17-24(23)22-13-7-11-19-10-5-6-12-21(19)22/h5-7,10-15,17-18,25H,2-4,8-9,16,28H2,1H3,(H,29,30)/t25-/m0/s1. The second-order valence-electron chi connectivity index (χ2n) is 8.62. The Bertz CT molecular complexity index is 1110. The molecule has 3 N–H and O–H groups in total. The van der Waals surface area contributed by atoms with E-state index in [4.69, 9.17) is 10.5 Å². The number of amides is 1.